The van der Waals surface area contributed by atoms with Gasteiger partial charge in [0.2, 0.25) is 0 Å². The molecule has 214 valence electrons. The standard InChI is InChI=1S/C32H29ClN4O5/c1-5-25(29(38)34-27-19(2)36(4)37(31(27)40)22-11-7-6-8-12-22)42-32(41)28-26(20-15-17-21(33)18-16-20)23-13-9-10-14-24(23)30(39)35(28)3/h6-18,25H,5H2,1-4H3,(H,34,38). The first-order chi connectivity index (χ1) is 20.1. The van der Waals surface area contributed by atoms with Crippen LogP contribution in [0.2, 0.25) is 5.02 Å². The number of nitrogens with one attached hydrogen (secondary N) is 1. The van der Waals surface area contributed by atoms with E-state index in [0.29, 0.717) is 38.3 Å². The van der Waals surface area contributed by atoms with E-state index >= 15 is 0 Å². The van der Waals surface area contributed by atoms with Crippen LogP contribution in [0, 0.1) is 6.92 Å². The van der Waals surface area contributed by atoms with Crippen molar-refractivity contribution >= 4 is 39.9 Å². The Bertz CT molecular complexity index is 1940. The number of hydrogen-bond donors (Lipinski definition) is 1. The summed E-state index contributed by atoms with van der Waals surface area (Å²) >= 11 is 6.12. The molecular weight excluding hydrogens is 556 g/mol. The van der Waals surface area contributed by atoms with Crippen LogP contribution in [0.25, 0.3) is 27.6 Å². The molecule has 0 aliphatic heterocycles. The number of fused-ring (bicyclic) bond motifs is 1. The first-order valence-electron chi connectivity index (χ1n) is 13.4. The topological polar surface area (TPSA) is 104 Å². The molecule has 1 atom stereocenters. The van der Waals surface area contributed by atoms with E-state index in [2.05, 4.69) is 5.32 Å². The van der Waals surface area contributed by atoms with Gasteiger partial charge in [0.25, 0.3) is 17.0 Å². The number of benzene rings is 3. The minimum absolute atomic E-state index is 0.00500. The Kier molecular flexibility index (Phi) is 7.87. The van der Waals surface area contributed by atoms with E-state index in [1.807, 2.05) is 18.2 Å². The molecule has 5 rings (SSSR count). The van der Waals surface area contributed by atoms with Gasteiger partial charge in [0.05, 0.1) is 11.4 Å². The van der Waals surface area contributed by atoms with Crippen molar-refractivity contribution in [3.8, 4) is 16.8 Å². The molecule has 5 aromatic rings. The van der Waals surface area contributed by atoms with Gasteiger partial charge in [0, 0.05) is 30.1 Å². The predicted octanol–water partition coefficient (Wildman–Crippen LogP) is 5.23. The van der Waals surface area contributed by atoms with Crippen molar-refractivity contribution in [1.29, 1.82) is 0 Å². The van der Waals surface area contributed by atoms with Gasteiger partial charge in [-0.25, -0.2) is 9.48 Å². The van der Waals surface area contributed by atoms with Crippen molar-refractivity contribution < 1.29 is 14.3 Å². The number of halogens is 1. The summed E-state index contributed by atoms with van der Waals surface area (Å²) in [6, 6.07) is 22.9. The molecule has 1 amide bonds. The molecule has 0 bridgehead atoms. The van der Waals surface area contributed by atoms with E-state index < -0.39 is 23.5 Å². The zero-order valence-electron chi connectivity index (χ0n) is 23.6. The van der Waals surface area contributed by atoms with Crippen molar-refractivity contribution in [3.05, 3.63) is 116 Å². The first kappa shape index (κ1) is 28.6. The molecule has 0 fully saturated rings. The Hall–Kier alpha value is -4.89. The molecule has 2 aromatic heterocycles. The number of carbonyl (C=O) groups is 2. The lowest BCUT2D eigenvalue weighted by Crippen LogP contribution is -2.35. The Labute approximate surface area is 246 Å². The van der Waals surface area contributed by atoms with Gasteiger partial charge in [0.1, 0.15) is 11.4 Å². The van der Waals surface area contributed by atoms with E-state index in [-0.39, 0.29) is 23.4 Å². The molecule has 1 N–H and O–H groups in total. The maximum Gasteiger partial charge on any atom is 0.356 e. The normalized spacial score (nSPS) is 11.8. The van der Waals surface area contributed by atoms with Gasteiger partial charge in [-0.15, -0.1) is 0 Å². The fourth-order valence-electron chi connectivity index (χ4n) is 5.04. The van der Waals surface area contributed by atoms with Gasteiger partial charge in [-0.3, -0.25) is 19.1 Å². The summed E-state index contributed by atoms with van der Waals surface area (Å²) in [4.78, 5) is 53.7. The molecular formula is C32H29ClN4O5. The van der Waals surface area contributed by atoms with Gasteiger partial charge in [-0.2, -0.15) is 0 Å². The Morgan fingerprint density at radius 3 is 2.14 bits per heavy atom. The molecule has 1 unspecified atom stereocenters. The van der Waals surface area contributed by atoms with Crippen molar-refractivity contribution in [2.75, 3.05) is 5.32 Å². The lowest BCUT2D eigenvalue weighted by molar-refractivity contribution is -0.124. The summed E-state index contributed by atoms with van der Waals surface area (Å²) in [7, 11) is 3.21. The van der Waals surface area contributed by atoms with E-state index in [1.54, 1.807) is 86.2 Å². The van der Waals surface area contributed by atoms with Crippen LogP contribution in [0.5, 0.6) is 0 Å². The summed E-state index contributed by atoms with van der Waals surface area (Å²) < 4.78 is 10.1. The van der Waals surface area contributed by atoms with Crippen LogP contribution in [0.4, 0.5) is 5.69 Å². The Morgan fingerprint density at radius 2 is 1.50 bits per heavy atom. The summed E-state index contributed by atoms with van der Waals surface area (Å²) in [5.41, 5.74) is 1.58. The fraction of sp³-hybridized carbons (Fsp3) is 0.188. The highest BCUT2D eigenvalue weighted by molar-refractivity contribution is 6.30. The van der Waals surface area contributed by atoms with Gasteiger partial charge in [-0.1, -0.05) is 67.1 Å². The molecule has 42 heavy (non-hydrogen) atoms. The van der Waals surface area contributed by atoms with E-state index in [0.717, 1.165) is 0 Å². The highest BCUT2D eigenvalue weighted by Gasteiger charge is 2.29. The van der Waals surface area contributed by atoms with Crippen LogP contribution in [0.15, 0.2) is 88.5 Å². The van der Waals surface area contributed by atoms with E-state index in [9.17, 15) is 19.2 Å². The quantitative estimate of drug-likeness (QED) is 0.264. The minimum atomic E-state index is -1.23. The largest absolute Gasteiger partial charge is 0.448 e. The summed E-state index contributed by atoms with van der Waals surface area (Å²) in [5.74, 6) is -1.51. The molecule has 9 nitrogen and oxygen atoms in total. The maximum atomic E-state index is 13.8. The second-order valence-electron chi connectivity index (χ2n) is 9.87. The second kappa shape index (κ2) is 11.5. The van der Waals surface area contributed by atoms with Crippen LogP contribution < -0.4 is 16.4 Å². The first-order valence-corrected chi connectivity index (χ1v) is 13.7. The van der Waals surface area contributed by atoms with Crippen LogP contribution in [-0.2, 0) is 23.6 Å². The van der Waals surface area contributed by atoms with Gasteiger partial charge >= 0.3 is 5.97 Å². The average molecular weight is 585 g/mol. The van der Waals surface area contributed by atoms with Gasteiger partial charge in [-0.05, 0) is 54.6 Å². The number of hydrogen-bond acceptors (Lipinski definition) is 5. The van der Waals surface area contributed by atoms with Crippen LogP contribution in [-0.4, -0.2) is 31.9 Å². The smallest absolute Gasteiger partial charge is 0.356 e. The molecule has 2 heterocycles. The number of rotatable bonds is 7. The van der Waals surface area contributed by atoms with Gasteiger partial charge in [0.15, 0.2) is 6.10 Å². The summed E-state index contributed by atoms with van der Waals surface area (Å²) in [6.45, 7) is 3.41. The molecule has 3 aromatic carbocycles. The maximum absolute atomic E-state index is 13.8. The lowest BCUT2D eigenvalue weighted by Gasteiger charge is -2.20. The van der Waals surface area contributed by atoms with Crippen molar-refractivity contribution in [1.82, 2.24) is 13.9 Å². The molecule has 0 radical (unpaired) electrons. The molecule has 0 saturated heterocycles. The third kappa shape index (κ3) is 5.03. The van der Waals surface area contributed by atoms with Crippen molar-refractivity contribution in [2.45, 2.75) is 26.4 Å². The van der Waals surface area contributed by atoms with Crippen LogP contribution in [0.3, 0.4) is 0 Å². The zero-order chi connectivity index (χ0) is 30.1. The number of carbonyl (C=O) groups excluding carboxylic acids is 2. The monoisotopic (exact) mass is 584 g/mol. The fourth-order valence-corrected chi connectivity index (χ4v) is 5.16. The summed E-state index contributed by atoms with van der Waals surface area (Å²) in [6.07, 6.45) is -1.10. The van der Waals surface area contributed by atoms with Crippen LogP contribution >= 0.6 is 11.6 Å². The SMILES string of the molecule is CCC(OC(=O)c1c(-c2ccc(Cl)cc2)c2ccccc2c(=O)n1C)C(=O)Nc1c(C)n(C)n(-c2ccccc2)c1=O. The number of aromatic nitrogens is 3. The average Bonchev–Trinajstić information content (AvgIpc) is 3.21. The summed E-state index contributed by atoms with van der Waals surface area (Å²) in [5, 5.41) is 4.18. The van der Waals surface area contributed by atoms with Crippen LogP contribution in [0.1, 0.15) is 29.5 Å². The van der Waals surface area contributed by atoms with E-state index in [1.165, 1.54) is 16.3 Å². The van der Waals surface area contributed by atoms with Crippen molar-refractivity contribution in [2.24, 2.45) is 14.1 Å². The number of ether oxygens (including phenoxy) is 1. The predicted molar refractivity (Wildman–Crippen MR) is 164 cm³/mol. The second-order valence-corrected chi connectivity index (χ2v) is 10.3. The molecule has 10 heteroatoms. The lowest BCUT2D eigenvalue weighted by atomic mass is 9.96. The third-order valence-electron chi connectivity index (χ3n) is 7.34. The number of esters is 1. The number of nitrogens with zero attached hydrogens (tertiary/aromatic N) is 3. The molecule has 0 spiro atoms. The minimum Gasteiger partial charge on any atom is -0.448 e. The highest BCUT2D eigenvalue weighted by atomic mass is 35.5. The number of pyridine rings is 1. The third-order valence-corrected chi connectivity index (χ3v) is 7.60. The number of anilines is 1. The molecule has 0 aliphatic carbocycles. The number of amides is 1. The highest BCUT2D eigenvalue weighted by Crippen LogP contribution is 2.32. The molecule has 0 aliphatic rings. The zero-order valence-corrected chi connectivity index (χ0v) is 24.3. The van der Waals surface area contributed by atoms with Gasteiger partial charge < -0.3 is 14.6 Å². The van der Waals surface area contributed by atoms with E-state index in [4.69, 9.17) is 16.3 Å². The Balaban J connectivity index is 1.52. The van der Waals surface area contributed by atoms with Crippen molar-refractivity contribution in [3.63, 3.8) is 0 Å². The number of para-hydroxylation sites is 1. The molecule has 0 saturated carbocycles. The Morgan fingerprint density at radius 1 is 0.881 bits per heavy atom.